The summed E-state index contributed by atoms with van der Waals surface area (Å²) in [5, 5.41) is 6.74. The number of nitrogens with zero attached hydrogens (tertiary/aromatic N) is 1. The normalized spacial score (nSPS) is 21.5. The van der Waals surface area contributed by atoms with E-state index in [1.54, 1.807) is 4.68 Å². The summed E-state index contributed by atoms with van der Waals surface area (Å²) in [6.07, 6.45) is 0. The van der Waals surface area contributed by atoms with Gasteiger partial charge < -0.3 is 5.32 Å². The summed E-state index contributed by atoms with van der Waals surface area (Å²) in [6, 6.07) is 27.0. The first-order chi connectivity index (χ1) is 14.7. The first kappa shape index (κ1) is 17.0. The number of benzene rings is 3. The van der Waals surface area contributed by atoms with Crippen molar-refractivity contribution in [2.75, 3.05) is 5.32 Å². The molecule has 0 fully saturated rings. The number of aromatic amines is 1. The molecule has 3 aromatic carbocycles. The smallest absolute Gasteiger partial charge is 0.277 e. The number of carbonyl (C=O) groups is 1. The first-order valence-corrected chi connectivity index (χ1v) is 10.1. The van der Waals surface area contributed by atoms with Crippen molar-refractivity contribution < 1.29 is 4.79 Å². The Kier molecular flexibility index (Phi) is 3.59. The van der Waals surface area contributed by atoms with E-state index in [0.717, 1.165) is 22.4 Å². The molecule has 2 aliphatic rings. The highest BCUT2D eigenvalue weighted by Crippen LogP contribution is 2.51. The van der Waals surface area contributed by atoms with Crippen LogP contribution < -0.4 is 10.9 Å². The highest BCUT2D eigenvalue weighted by atomic mass is 16.1. The average Bonchev–Trinajstić information content (AvgIpc) is 3.28. The number of aromatic nitrogens is 2. The molecule has 0 spiro atoms. The van der Waals surface area contributed by atoms with Crippen LogP contribution in [0, 0.1) is 5.92 Å². The van der Waals surface area contributed by atoms with Crippen LogP contribution in [0.5, 0.6) is 0 Å². The number of para-hydroxylation sites is 1. The highest BCUT2D eigenvalue weighted by molar-refractivity contribution is 6.05. The van der Waals surface area contributed by atoms with Gasteiger partial charge in [0, 0.05) is 11.5 Å². The lowest BCUT2D eigenvalue weighted by Crippen LogP contribution is -2.35. The standard InChI is InChI=1S/C25H19N3O2/c29-23-18-14-8-7-13-17(18)22-20(23)19(15-9-3-1-4-10-15)21-24(26-22)27-28(25(21)30)16-11-5-2-6-12-16/h1-14,19-20,22,26-27H. The number of hydrogen-bond donors (Lipinski definition) is 2. The third-order valence-electron chi connectivity index (χ3n) is 6.29. The molecule has 5 nitrogen and oxygen atoms in total. The lowest BCUT2D eigenvalue weighted by molar-refractivity contribution is 0.0912. The van der Waals surface area contributed by atoms with Gasteiger partial charge in [-0.05, 0) is 23.3 Å². The lowest BCUT2D eigenvalue weighted by Gasteiger charge is -2.33. The Bertz CT molecular complexity index is 1320. The van der Waals surface area contributed by atoms with Gasteiger partial charge in [0.2, 0.25) is 0 Å². The second-order valence-corrected chi connectivity index (χ2v) is 7.86. The zero-order chi connectivity index (χ0) is 20.2. The fraction of sp³-hybridized carbons (Fsp3) is 0.120. The molecule has 0 amide bonds. The maximum atomic E-state index is 13.5. The highest BCUT2D eigenvalue weighted by Gasteiger charge is 2.50. The van der Waals surface area contributed by atoms with E-state index in [1.165, 1.54) is 0 Å². The van der Waals surface area contributed by atoms with Crippen LogP contribution in [0.25, 0.3) is 5.69 Å². The van der Waals surface area contributed by atoms with Crippen LogP contribution in [0.15, 0.2) is 89.7 Å². The van der Waals surface area contributed by atoms with Crippen LogP contribution in [0.2, 0.25) is 0 Å². The second kappa shape index (κ2) is 6.32. The summed E-state index contributed by atoms with van der Waals surface area (Å²) in [5.74, 6) is 0.101. The molecule has 1 aliphatic heterocycles. The van der Waals surface area contributed by atoms with E-state index in [-0.39, 0.29) is 29.2 Å². The molecule has 0 radical (unpaired) electrons. The van der Waals surface area contributed by atoms with Gasteiger partial charge in [-0.2, -0.15) is 0 Å². The van der Waals surface area contributed by atoms with E-state index in [4.69, 9.17) is 0 Å². The molecule has 0 saturated carbocycles. The van der Waals surface area contributed by atoms with E-state index in [0.29, 0.717) is 11.4 Å². The molecule has 0 bridgehead atoms. The summed E-state index contributed by atoms with van der Waals surface area (Å²) in [6.45, 7) is 0. The number of anilines is 1. The van der Waals surface area contributed by atoms with Crippen LogP contribution >= 0.6 is 0 Å². The van der Waals surface area contributed by atoms with Gasteiger partial charge in [-0.25, -0.2) is 4.68 Å². The minimum atomic E-state index is -0.356. The van der Waals surface area contributed by atoms with Gasteiger partial charge >= 0.3 is 0 Å². The molecule has 30 heavy (non-hydrogen) atoms. The van der Waals surface area contributed by atoms with E-state index >= 15 is 0 Å². The van der Waals surface area contributed by atoms with Gasteiger partial charge in [-0.3, -0.25) is 14.7 Å². The number of ketones is 1. The molecule has 5 heteroatoms. The Morgan fingerprint density at radius 3 is 2.20 bits per heavy atom. The Labute approximate surface area is 173 Å². The van der Waals surface area contributed by atoms with Gasteiger partial charge in [-0.1, -0.05) is 72.8 Å². The van der Waals surface area contributed by atoms with Crippen molar-refractivity contribution in [2.24, 2.45) is 5.92 Å². The third-order valence-corrected chi connectivity index (χ3v) is 6.29. The van der Waals surface area contributed by atoms with Crippen molar-refractivity contribution in [3.63, 3.8) is 0 Å². The van der Waals surface area contributed by atoms with Crippen LogP contribution in [-0.4, -0.2) is 15.6 Å². The molecule has 2 heterocycles. The Hall–Kier alpha value is -3.86. The predicted molar refractivity (Wildman–Crippen MR) is 115 cm³/mol. The molecule has 6 rings (SSSR count). The number of nitrogens with one attached hydrogen (secondary N) is 2. The maximum Gasteiger partial charge on any atom is 0.277 e. The fourth-order valence-electron chi connectivity index (χ4n) is 5.01. The van der Waals surface area contributed by atoms with Crippen molar-refractivity contribution in [1.82, 2.24) is 9.78 Å². The number of Topliss-reactive ketones (excluding diaryl/α,β-unsaturated/α-hetero) is 1. The van der Waals surface area contributed by atoms with Crippen LogP contribution in [0.1, 0.15) is 39.0 Å². The lowest BCUT2D eigenvalue weighted by atomic mass is 9.75. The third kappa shape index (κ3) is 2.29. The number of rotatable bonds is 2. The maximum absolute atomic E-state index is 13.5. The van der Waals surface area contributed by atoms with Crippen LogP contribution in [0.4, 0.5) is 5.82 Å². The molecule has 3 unspecified atom stereocenters. The summed E-state index contributed by atoms with van der Waals surface area (Å²) in [4.78, 5) is 27.0. The quantitative estimate of drug-likeness (QED) is 0.534. The van der Waals surface area contributed by atoms with Crippen molar-refractivity contribution in [3.8, 4) is 5.69 Å². The van der Waals surface area contributed by atoms with Crippen LogP contribution in [0.3, 0.4) is 0 Å². The largest absolute Gasteiger partial charge is 0.363 e. The van der Waals surface area contributed by atoms with Gasteiger partial charge in [0.05, 0.1) is 23.2 Å². The number of fused-ring (bicyclic) bond motifs is 4. The predicted octanol–water partition coefficient (Wildman–Crippen LogP) is 4.28. The molecule has 146 valence electrons. The first-order valence-electron chi connectivity index (χ1n) is 10.1. The topological polar surface area (TPSA) is 66.9 Å². The molecule has 2 N–H and O–H groups in total. The average molecular weight is 393 g/mol. The molecule has 4 aromatic rings. The van der Waals surface area contributed by atoms with E-state index in [9.17, 15) is 9.59 Å². The van der Waals surface area contributed by atoms with Crippen molar-refractivity contribution >= 4 is 11.6 Å². The summed E-state index contributed by atoms with van der Waals surface area (Å²) in [5.41, 5.74) is 3.98. The fourth-order valence-corrected chi connectivity index (χ4v) is 5.01. The molecular formula is C25H19N3O2. The molecule has 0 saturated heterocycles. The second-order valence-electron chi connectivity index (χ2n) is 7.86. The number of carbonyl (C=O) groups excluding carboxylic acids is 1. The van der Waals surface area contributed by atoms with Gasteiger partial charge in [0.1, 0.15) is 5.82 Å². The summed E-state index contributed by atoms with van der Waals surface area (Å²) < 4.78 is 1.56. The van der Waals surface area contributed by atoms with Gasteiger partial charge in [0.15, 0.2) is 5.78 Å². The SMILES string of the molecule is O=C1c2ccccc2C2Nc3[nH]n(-c4ccccc4)c(=O)c3C(c3ccccc3)C12. The van der Waals surface area contributed by atoms with E-state index in [2.05, 4.69) is 10.4 Å². The Morgan fingerprint density at radius 2 is 1.43 bits per heavy atom. The Balaban J connectivity index is 1.60. The summed E-state index contributed by atoms with van der Waals surface area (Å²) >= 11 is 0. The minimum Gasteiger partial charge on any atom is -0.363 e. The number of H-pyrrole nitrogens is 1. The zero-order valence-electron chi connectivity index (χ0n) is 16.1. The minimum absolute atomic E-state index is 0.0921. The molecule has 3 atom stereocenters. The van der Waals surface area contributed by atoms with Gasteiger partial charge in [0.25, 0.3) is 5.56 Å². The summed E-state index contributed by atoms with van der Waals surface area (Å²) in [7, 11) is 0. The Morgan fingerprint density at radius 1 is 0.767 bits per heavy atom. The van der Waals surface area contributed by atoms with Crippen LogP contribution in [-0.2, 0) is 0 Å². The molecular weight excluding hydrogens is 374 g/mol. The van der Waals surface area contributed by atoms with Crippen molar-refractivity contribution in [3.05, 3.63) is 118 Å². The monoisotopic (exact) mass is 393 g/mol. The number of hydrogen-bond acceptors (Lipinski definition) is 3. The van der Waals surface area contributed by atoms with Crippen molar-refractivity contribution in [2.45, 2.75) is 12.0 Å². The van der Waals surface area contributed by atoms with E-state index in [1.807, 2.05) is 84.9 Å². The van der Waals surface area contributed by atoms with E-state index < -0.39 is 0 Å². The van der Waals surface area contributed by atoms with Crippen molar-refractivity contribution in [1.29, 1.82) is 0 Å². The van der Waals surface area contributed by atoms with Gasteiger partial charge in [-0.15, -0.1) is 0 Å². The molecule has 1 aromatic heterocycles. The molecule has 1 aliphatic carbocycles. The zero-order valence-corrected chi connectivity index (χ0v) is 16.1.